The normalized spacial score (nSPS) is 21.0. The number of halogens is 1. The van der Waals surface area contributed by atoms with Crippen molar-refractivity contribution in [3.8, 4) is 0 Å². The monoisotopic (exact) mass is 337 g/mol. The lowest BCUT2D eigenvalue weighted by atomic mass is 10.1. The third-order valence-corrected chi connectivity index (χ3v) is 4.35. The summed E-state index contributed by atoms with van der Waals surface area (Å²) in [6, 6.07) is 3.62. The van der Waals surface area contributed by atoms with Gasteiger partial charge in [-0.15, -0.1) is 0 Å². The first-order valence-electron chi connectivity index (χ1n) is 7.70. The van der Waals surface area contributed by atoms with E-state index in [-0.39, 0.29) is 23.8 Å². The van der Waals surface area contributed by atoms with Crippen LogP contribution in [0.5, 0.6) is 0 Å². The Balaban J connectivity index is 1.86. The van der Waals surface area contributed by atoms with E-state index in [1.54, 1.807) is 0 Å². The molecule has 1 saturated heterocycles. The highest BCUT2D eigenvalue weighted by molar-refractivity contribution is 6.35. The lowest BCUT2D eigenvalue weighted by Gasteiger charge is -2.18. The second-order valence-corrected chi connectivity index (χ2v) is 6.20. The maximum absolute atomic E-state index is 12.6. The summed E-state index contributed by atoms with van der Waals surface area (Å²) in [6.07, 6.45) is -0.125. The molecule has 1 aromatic carbocycles. The van der Waals surface area contributed by atoms with Crippen molar-refractivity contribution in [3.05, 3.63) is 34.0 Å². The van der Waals surface area contributed by atoms with E-state index in [0.29, 0.717) is 30.4 Å². The van der Waals surface area contributed by atoms with E-state index in [2.05, 4.69) is 5.32 Å². The molecule has 0 aliphatic carbocycles. The van der Waals surface area contributed by atoms with Gasteiger partial charge in [0.25, 0.3) is 5.91 Å². The molecule has 0 saturated carbocycles. The maximum Gasteiger partial charge on any atom is 0.287 e. The molecule has 2 heterocycles. The highest BCUT2D eigenvalue weighted by atomic mass is 35.5. The van der Waals surface area contributed by atoms with E-state index in [0.717, 1.165) is 16.5 Å². The molecule has 124 valence electrons. The zero-order valence-corrected chi connectivity index (χ0v) is 14.2. The van der Waals surface area contributed by atoms with Crippen LogP contribution in [0, 0.1) is 13.8 Å². The van der Waals surface area contributed by atoms with E-state index in [1.165, 1.54) is 0 Å². The van der Waals surface area contributed by atoms with Crippen LogP contribution < -0.4 is 5.32 Å². The molecule has 0 bridgehead atoms. The van der Waals surface area contributed by atoms with Crippen LogP contribution in [-0.2, 0) is 9.47 Å². The van der Waals surface area contributed by atoms with Gasteiger partial charge in [0, 0.05) is 17.6 Å². The van der Waals surface area contributed by atoms with Crippen molar-refractivity contribution >= 4 is 28.5 Å². The average Bonchev–Trinajstić information content (AvgIpc) is 3.05. The molecule has 1 aliphatic heterocycles. The maximum atomic E-state index is 12.6. The van der Waals surface area contributed by atoms with Crippen LogP contribution in [0.4, 0.5) is 0 Å². The Morgan fingerprint density at radius 2 is 2.17 bits per heavy atom. The minimum absolute atomic E-state index is 0.125. The van der Waals surface area contributed by atoms with E-state index < -0.39 is 0 Å². The molecule has 5 nitrogen and oxygen atoms in total. The fourth-order valence-corrected chi connectivity index (χ4v) is 3.22. The highest BCUT2D eigenvalue weighted by Gasteiger charge is 2.31. The molecule has 0 spiro atoms. The van der Waals surface area contributed by atoms with Gasteiger partial charge >= 0.3 is 0 Å². The van der Waals surface area contributed by atoms with Crippen molar-refractivity contribution in [2.75, 3.05) is 19.8 Å². The van der Waals surface area contributed by atoms with Gasteiger partial charge < -0.3 is 19.2 Å². The number of nitrogens with one attached hydrogen (secondary N) is 1. The molecule has 1 fully saturated rings. The minimum Gasteiger partial charge on any atom is -0.449 e. The van der Waals surface area contributed by atoms with Gasteiger partial charge in [0.05, 0.1) is 24.3 Å². The van der Waals surface area contributed by atoms with Gasteiger partial charge in [-0.3, -0.25) is 4.79 Å². The number of hydrogen-bond acceptors (Lipinski definition) is 4. The van der Waals surface area contributed by atoms with Crippen LogP contribution in [0.25, 0.3) is 11.0 Å². The topological polar surface area (TPSA) is 60.7 Å². The smallest absolute Gasteiger partial charge is 0.287 e. The molecule has 1 aliphatic rings. The van der Waals surface area contributed by atoms with Crippen molar-refractivity contribution in [1.29, 1.82) is 0 Å². The molecule has 2 atom stereocenters. The summed E-state index contributed by atoms with van der Waals surface area (Å²) >= 11 is 6.22. The number of amides is 1. The van der Waals surface area contributed by atoms with Crippen LogP contribution in [-0.4, -0.2) is 37.9 Å². The molecule has 1 N–H and O–H groups in total. The number of benzene rings is 1. The molecular formula is C17H20ClNO4. The Labute approximate surface area is 139 Å². The predicted molar refractivity (Wildman–Crippen MR) is 88.2 cm³/mol. The highest BCUT2D eigenvalue weighted by Crippen LogP contribution is 2.32. The quantitative estimate of drug-likeness (QED) is 0.930. The molecule has 2 aromatic rings. The zero-order chi connectivity index (χ0) is 16.6. The summed E-state index contributed by atoms with van der Waals surface area (Å²) < 4.78 is 16.7. The van der Waals surface area contributed by atoms with Crippen molar-refractivity contribution in [1.82, 2.24) is 5.32 Å². The van der Waals surface area contributed by atoms with Crippen LogP contribution >= 0.6 is 11.6 Å². The van der Waals surface area contributed by atoms with Gasteiger partial charge in [-0.1, -0.05) is 11.6 Å². The van der Waals surface area contributed by atoms with Crippen molar-refractivity contribution in [2.24, 2.45) is 0 Å². The number of rotatable bonds is 4. The summed E-state index contributed by atoms with van der Waals surface area (Å²) in [5.41, 5.74) is 2.36. The fourth-order valence-electron chi connectivity index (χ4n) is 2.91. The molecule has 0 unspecified atom stereocenters. The molecule has 6 heteroatoms. The second kappa shape index (κ2) is 6.51. The van der Waals surface area contributed by atoms with E-state index in [4.69, 9.17) is 25.5 Å². The number of ether oxygens (including phenoxy) is 2. The first kappa shape index (κ1) is 16.3. The number of aryl methyl sites for hydroxylation is 2. The summed E-state index contributed by atoms with van der Waals surface area (Å²) in [6.45, 7) is 7.25. The van der Waals surface area contributed by atoms with Gasteiger partial charge in [0.1, 0.15) is 6.10 Å². The Bertz CT molecular complexity index is 740. The Morgan fingerprint density at radius 3 is 2.91 bits per heavy atom. The number of carbonyl (C=O) groups excluding carboxylic acids is 1. The predicted octanol–water partition coefficient (Wildman–Crippen LogP) is 3.24. The minimum atomic E-state index is -0.271. The molecule has 0 radical (unpaired) electrons. The first-order valence-corrected chi connectivity index (χ1v) is 8.08. The van der Waals surface area contributed by atoms with Crippen LogP contribution in [0.3, 0.4) is 0 Å². The molecule has 1 aromatic heterocycles. The third kappa shape index (κ3) is 3.09. The summed E-state index contributed by atoms with van der Waals surface area (Å²) in [7, 11) is 0. The van der Waals surface area contributed by atoms with Crippen LogP contribution in [0.2, 0.25) is 5.02 Å². The number of furan rings is 1. The number of fused-ring (bicyclic) bond motifs is 1. The largest absolute Gasteiger partial charge is 0.449 e. The average molecular weight is 338 g/mol. The van der Waals surface area contributed by atoms with Gasteiger partial charge in [0.15, 0.2) is 11.3 Å². The summed E-state index contributed by atoms with van der Waals surface area (Å²) in [5, 5.41) is 4.32. The van der Waals surface area contributed by atoms with E-state index >= 15 is 0 Å². The Morgan fingerprint density at radius 1 is 1.39 bits per heavy atom. The lowest BCUT2D eigenvalue weighted by Crippen LogP contribution is -2.43. The number of hydrogen-bond donors (Lipinski definition) is 1. The molecule has 3 rings (SSSR count). The van der Waals surface area contributed by atoms with Crippen molar-refractivity contribution in [3.63, 3.8) is 0 Å². The van der Waals surface area contributed by atoms with Gasteiger partial charge in [-0.2, -0.15) is 0 Å². The summed E-state index contributed by atoms with van der Waals surface area (Å²) in [4.78, 5) is 12.6. The van der Waals surface area contributed by atoms with Gasteiger partial charge in [-0.25, -0.2) is 0 Å². The zero-order valence-electron chi connectivity index (χ0n) is 13.4. The second-order valence-electron chi connectivity index (χ2n) is 5.79. The Hall–Kier alpha value is -1.56. The fraction of sp³-hybridized carbons (Fsp3) is 0.471. The third-order valence-electron chi connectivity index (χ3n) is 4.07. The molecular weight excluding hydrogens is 318 g/mol. The molecule has 23 heavy (non-hydrogen) atoms. The van der Waals surface area contributed by atoms with Gasteiger partial charge in [-0.05, 0) is 38.5 Å². The first-order chi connectivity index (χ1) is 11.0. The van der Waals surface area contributed by atoms with E-state index in [9.17, 15) is 4.79 Å². The standard InChI is InChI=1S/C17H20ClNO4/c1-4-22-14-8-21-7-13(14)19-17(20)15-10(3)11-5-9(2)6-12(18)16(11)23-15/h5-6,13-14H,4,7-8H2,1-3H3,(H,19,20)/t13-,14-/m1/s1. The Kier molecular flexibility index (Phi) is 4.62. The van der Waals surface area contributed by atoms with Gasteiger partial charge in [0.2, 0.25) is 0 Å². The van der Waals surface area contributed by atoms with Crippen LogP contribution in [0.1, 0.15) is 28.6 Å². The lowest BCUT2D eigenvalue weighted by molar-refractivity contribution is 0.0399. The van der Waals surface area contributed by atoms with E-state index in [1.807, 2.05) is 32.9 Å². The SMILES string of the molecule is CCO[C@@H]1COC[C@H]1NC(=O)c1oc2c(Cl)cc(C)cc2c1C. The van der Waals surface area contributed by atoms with Crippen molar-refractivity contribution in [2.45, 2.75) is 32.9 Å². The number of carbonyl (C=O) groups is 1. The molecule has 1 amide bonds. The van der Waals surface area contributed by atoms with Crippen molar-refractivity contribution < 1.29 is 18.7 Å². The summed E-state index contributed by atoms with van der Waals surface area (Å²) in [5.74, 6) is 0.0160. The van der Waals surface area contributed by atoms with Crippen LogP contribution in [0.15, 0.2) is 16.5 Å².